The fraction of sp³-hybridized carbons (Fsp3) is 0.429. The number of rotatable bonds is 2. The highest BCUT2D eigenvalue weighted by Crippen LogP contribution is 2.43. The fourth-order valence-corrected chi connectivity index (χ4v) is 3.63. The van der Waals surface area contributed by atoms with E-state index in [0.717, 1.165) is 18.6 Å². The Morgan fingerprint density at radius 2 is 1.90 bits per heavy atom. The van der Waals surface area contributed by atoms with E-state index in [9.17, 15) is 18.4 Å². The first-order valence-corrected chi connectivity index (χ1v) is 6.98. The molecule has 2 aliphatic rings. The third-order valence-electron chi connectivity index (χ3n) is 4.33. The number of halogens is 3. The molecule has 3 atom stereocenters. The Labute approximate surface area is 124 Å². The molecule has 0 saturated carbocycles. The second kappa shape index (κ2) is 4.94. The molecule has 0 aromatic heterocycles. The average molecular weight is 316 g/mol. The highest BCUT2D eigenvalue weighted by molar-refractivity contribution is 6.33. The maximum atomic E-state index is 13.3. The lowest BCUT2D eigenvalue weighted by Gasteiger charge is -2.23. The van der Waals surface area contributed by atoms with Gasteiger partial charge in [0.05, 0.1) is 16.5 Å². The van der Waals surface area contributed by atoms with E-state index in [-0.39, 0.29) is 16.6 Å². The number of amides is 1. The van der Waals surface area contributed by atoms with Gasteiger partial charge in [-0.05, 0) is 31.4 Å². The minimum Gasteiger partial charge on any atom is -0.481 e. The molecule has 4 nitrogen and oxygen atoms in total. The van der Waals surface area contributed by atoms with Crippen molar-refractivity contribution in [1.29, 1.82) is 0 Å². The number of carboxylic acids is 1. The van der Waals surface area contributed by atoms with E-state index >= 15 is 0 Å². The van der Waals surface area contributed by atoms with Gasteiger partial charge in [-0.2, -0.15) is 0 Å². The Morgan fingerprint density at radius 1 is 1.24 bits per heavy atom. The number of fused-ring (bicyclic) bond motifs is 2. The summed E-state index contributed by atoms with van der Waals surface area (Å²) >= 11 is 5.82. The van der Waals surface area contributed by atoms with Crippen molar-refractivity contribution in [3.63, 3.8) is 0 Å². The molecule has 0 radical (unpaired) electrons. The SMILES string of the molecule is O=C(O)C1CC2CCC1N2C(=O)c1cc(F)c(F)cc1Cl. The zero-order valence-corrected chi connectivity index (χ0v) is 11.6. The first-order valence-electron chi connectivity index (χ1n) is 6.60. The molecule has 112 valence electrons. The van der Waals surface area contributed by atoms with Crippen LogP contribution in [-0.4, -0.2) is 34.0 Å². The maximum Gasteiger partial charge on any atom is 0.308 e. The summed E-state index contributed by atoms with van der Waals surface area (Å²) in [6.07, 6.45) is 1.73. The molecule has 2 heterocycles. The molecule has 2 fully saturated rings. The van der Waals surface area contributed by atoms with E-state index in [1.807, 2.05) is 0 Å². The number of hydrogen-bond donors (Lipinski definition) is 1. The number of carbonyl (C=O) groups is 2. The van der Waals surface area contributed by atoms with Gasteiger partial charge in [-0.15, -0.1) is 0 Å². The van der Waals surface area contributed by atoms with Crippen LogP contribution in [0, 0.1) is 17.6 Å². The summed E-state index contributed by atoms with van der Waals surface area (Å²) < 4.78 is 26.4. The van der Waals surface area contributed by atoms with Crippen molar-refractivity contribution >= 4 is 23.5 Å². The number of nitrogens with zero attached hydrogens (tertiary/aromatic N) is 1. The van der Waals surface area contributed by atoms with Gasteiger partial charge in [0.2, 0.25) is 0 Å². The number of hydrogen-bond acceptors (Lipinski definition) is 2. The fourth-order valence-electron chi connectivity index (χ4n) is 3.40. The van der Waals surface area contributed by atoms with Crippen LogP contribution in [0.15, 0.2) is 12.1 Å². The molecular weight excluding hydrogens is 304 g/mol. The zero-order valence-electron chi connectivity index (χ0n) is 10.9. The van der Waals surface area contributed by atoms with Gasteiger partial charge in [-0.25, -0.2) is 8.78 Å². The lowest BCUT2D eigenvalue weighted by molar-refractivity contribution is -0.142. The van der Waals surface area contributed by atoms with E-state index in [4.69, 9.17) is 16.7 Å². The zero-order chi connectivity index (χ0) is 15.3. The van der Waals surface area contributed by atoms with Crippen LogP contribution in [0.5, 0.6) is 0 Å². The Hall–Kier alpha value is -1.69. The minimum absolute atomic E-state index is 0.126. The van der Waals surface area contributed by atoms with Crippen molar-refractivity contribution in [2.45, 2.75) is 31.3 Å². The lowest BCUT2D eigenvalue weighted by atomic mass is 9.89. The van der Waals surface area contributed by atoms with Crippen LogP contribution in [0.3, 0.4) is 0 Å². The van der Waals surface area contributed by atoms with Gasteiger partial charge in [-0.3, -0.25) is 9.59 Å². The molecule has 3 unspecified atom stereocenters. The summed E-state index contributed by atoms with van der Waals surface area (Å²) in [6, 6.07) is 0.960. The summed E-state index contributed by atoms with van der Waals surface area (Å²) in [5.74, 6) is -4.34. The molecule has 21 heavy (non-hydrogen) atoms. The molecule has 0 aliphatic carbocycles. The van der Waals surface area contributed by atoms with Crippen LogP contribution in [0.1, 0.15) is 29.6 Å². The Morgan fingerprint density at radius 3 is 2.52 bits per heavy atom. The Bertz CT molecular complexity index is 637. The highest BCUT2D eigenvalue weighted by Gasteiger charge is 2.51. The van der Waals surface area contributed by atoms with E-state index in [0.29, 0.717) is 12.8 Å². The third kappa shape index (κ3) is 2.18. The number of carboxylic acid groups (broad SMARTS) is 1. The van der Waals surface area contributed by atoms with E-state index in [1.54, 1.807) is 0 Å². The molecular formula is C14H12ClF2NO3. The van der Waals surface area contributed by atoms with Crippen molar-refractivity contribution in [3.8, 4) is 0 Å². The van der Waals surface area contributed by atoms with E-state index in [1.165, 1.54) is 4.90 Å². The van der Waals surface area contributed by atoms with Gasteiger partial charge in [-0.1, -0.05) is 11.6 Å². The van der Waals surface area contributed by atoms with Gasteiger partial charge < -0.3 is 10.0 Å². The molecule has 2 bridgehead atoms. The van der Waals surface area contributed by atoms with Gasteiger partial charge >= 0.3 is 5.97 Å². The normalized spacial score (nSPS) is 27.2. The molecule has 1 N–H and O–H groups in total. The van der Waals surface area contributed by atoms with Gasteiger partial charge in [0.15, 0.2) is 11.6 Å². The Balaban J connectivity index is 1.93. The monoisotopic (exact) mass is 315 g/mol. The van der Waals surface area contributed by atoms with Crippen molar-refractivity contribution in [3.05, 3.63) is 34.4 Å². The standard InChI is InChI=1S/C14H12ClF2NO3/c15-9-5-11(17)10(16)4-7(9)13(19)18-6-1-2-12(18)8(3-6)14(20)21/h4-6,8,12H,1-3H2,(H,20,21). The highest BCUT2D eigenvalue weighted by atomic mass is 35.5. The summed E-state index contributed by atoms with van der Waals surface area (Å²) in [5, 5.41) is 9.00. The molecule has 2 saturated heterocycles. The van der Waals surface area contributed by atoms with Crippen LogP contribution in [0.25, 0.3) is 0 Å². The van der Waals surface area contributed by atoms with Crippen molar-refractivity contribution in [2.24, 2.45) is 5.92 Å². The topological polar surface area (TPSA) is 57.6 Å². The lowest BCUT2D eigenvalue weighted by Crippen LogP contribution is -2.38. The first kappa shape index (κ1) is 14.3. The minimum atomic E-state index is -1.15. The summed E-state index contributed by atoms with van der Waals surface area (Å²) in [5.41, 5.74) is -0.126. The van der Waals surface area contributed by atoms with Crippen LogP contribution >= 0.6 is 11.6 Å². The van der Waals surface area contributed by atoms with Crippen LogP contribution < -0.4 is 0 Å². The average Bonchev–Trinajstić information content (AvgIpc) is 2.99. The van der Waals surface area contributed by atoms with Crippen LogP contribution in [-0.2, 0) is 4.79 Å². The van der Waals surface area contributed by atoms with Gasteiger partial charge in [0, 0.05) is 12.1 Å². The van der Waals surface area contributed by atoms with Crippen LogP contribution in [0.2, 0.25) is 5.02 Å². The Kier molecular flexibility index (Phi) is 3.36. The maximum absolute atomic E-state index is 13.3. The third-order valence-corrected chi connectivity index (χ3v) is 4.64. The summed E-state index contributed by atoms with van der Waals surface area (Å²) in [6.45, 7) is 0. The van der Waals surface area contributed by atoms with Crippen molar-refractivity contribution in [2.75, 3.05) is 0 Å². The van der Waals surface area contributed by atoms with E-state index in [2.05, 4.69) is 0 Å². The summed E-state index contributed by atoms with van der Waals surface area (Å²) in [4.78, 5) is 25.2. The molecule has 0 spiro atoms. The predicted octanol–water partition coefficient (Wildman–Crippen LogP) is 2.70. The summed E-state index contributed by atoms with van der Waals surface area (Å²) in [7, 11) is 0. The molecule has 2 aliphatic heterocycles. The second-order valence-electron chi connectivity index (χ2n) is 5.44. The molecule has 1 aromatic carbocycles. The van der Waals surface area contributed by atoms with Crippen LogP contribution in [0.4, 0.5) is 8.78 Å². The quantitative estimate of drug-likeness (QED) is 0.854. The molecule has 1 amide bonds. The number of benzene rings is 1. The second-order valence-corrected chi connectivity index (χ2v) is 5.84. The van der Waals surface area contributed by atoms with Crippen molar-refractivity contribution in [1.82, 2.24) is 4.90 Å². The largest absolute Gasteiger partial charge is 0.481 e. The predicted molar refractivity (Wildman–Crippen MR) is 70.1 cm³/mol. The first-order chi connectivity index (χ1) is 9.90. The van der Waals surface area contributed by atoms with Crippen molar-refractivity contribution < 1.29 is 23.5 Å². The smallest absolute Gasteiger partial charge is 0.308 e. The molecule has 1 aromatic rings. The molecule has 3 rings (SSSR count). The van der Waals surface area contributed by atoms with E-state index < -0.39 is 35.5 Å². The van der Waals surface area contributed by atoms with Gasteiger partial charge in [0.25, 0.3) is 5.91 Å². The number of carbonyl (C=O) groups excluding carboxylic acids is 1. The molecule has 7 heteroatoms. The van der Waals surface area contributed by atoms with Gasteiger partial charge in [0.1, 0.15) is 0 Å². The number of aliphatic carboxylic acids is 1.